The van der Waals surface area contributed by atoms with Crippen LogP contribution in [0.2, 0.25) is 0 Å². The number of rotatable bonds is 3. The van der Waals surface area contributed by atoms with Gasteiger partial charge in [-0.2, -0.15) is 0 Å². The van der Waals surface area contributed by atoms with E-state index in [-0.39, 0.29) is 17.2 Å². The number of amides is 1. The standard InChI is InChI=1S/C15H18FNO3/c1-15(7-3-2-4-8-15)14(20)17-12-9-10(13(18)19)5-6-11(12)16/h5-6,9H,2-4,7-8H2,1H3,(H,17,20)(H,18,19). The largest absolute Gasteiger partial charge is 0.478 e. The van der Waals surface area contributed by atoms with Crippen molar-refractivity contribution < 1.29 is 19.1 Å². The van der Waals surface area contributed by atoms with Gasteiger partial charge in [-0.1, -0.05) is 26.2 Å². The summed E-state index contributed by atoms with van der Waals surface area (Å²) in [5.41, 5.74) is -0.610. The third-order valence-electron chi connectivity index (χ3n) is 3.97. The average molecular weight is 279 g/mol. The van der Waals surface area contributed by atoms with Crippen molar-refractivity contribution in [3.8, 4) is 0 Å². The summed E-state index contributed by atoms with van der Waals surface area (Å²) in [5.74, 6) is -2.01. The minimum Gasteiger partial charge on any atom is -0.478 e. The highest BCUT2D eigenvalue weighted by Crippen LogP contribution is 2.37. The average Bonchev–Trinajstić information content (AvgIpc) is 2.41. The summed E-state index contributed by atoms with van der Waals surface area (Å²) in [5, 5.41) is 11.4. The smallest absolute Gasteiger partial charge is 0.335 e. The zero-order valence-corrected chi connectivity index (χ0v) is 11.4. The zero-order valence-electron chi connectivity index (χ0n) is 11.4. The van der Waals surface area contributed by atoms with Gasteiger partial charge in [0.2, 0.25) is 5.91 Å². The molecule has 0 aliphatic heterocycles. The third-order valence-corrected chi connectivity index (χ3v) is 3.97. The molecule has 1 saturated carbocycles. The SMILES string of the molecule is CC1(C(=O)Nc2cc(C(=O)O)ccc2F)CCCCC1. The molecule has 0 spiro atoms. The first-order valence-electron chi connectivity index (χ1n) is 6.77. The molecule has 1 amide bonds. The third kappa shape index (κ3) is 2.98. The quantitative estimate of drug-likeness (QED) is 0.890. The molecule has 0 unspecified atom stereocenters. The molecule has 0 atom stereocenters. The summed E-state index contributed by atoms with van der Waals surface area (Å²) in [6.45, 7) is 1.88. The van der Waals surface area contributed by atoms with Crippen LogP contribution in [0.15, 0.2) is 18.2 Å². The molecule has 0 saturated heterocycles. The Kier molecular flexibility index (Phi) is 4.06. The Morgan fingerprint density at radius 1 is 1.25 bits per heavy atom. The molecule has 1 aromatic carbocycles. The van der Waals surface area contributed by atoms with Crippen LogP contribution in [-0.2, 0) is 4.79 Å². The van der Waals surface area contributed by atoms with Gasteiger partial charge in [0.1, 0.15) is 5.82 Å². The number of hydrogen-bond donors (Lipinski definition) is 2. The van der Waals surface area contributed by atoms with Crippen molar-refractivity contribution in [2.24, 2.45) is 5.41 Å². The predicted octanol–water partition coefficient (Wildman–Crippen LogP) is 3.43. The van der Waals surface area contributed by atoms with Gasteiger partial charge in [0.05, 0.1) is 11.3 Å². The molecule has 0 bridgehead atoms. The van der Waals surface area contributed by atoms with Gasteiger partial charge >= 0.3 is 5.97 Å². The Balaban J connectivity index is 2.18. The van der Waals surface area contributed by atoms with E-state index in [9.17, 15) is 14.0 Å². The first-order valence-corrected chi connectivity index (χ1v) is 6.77. The van der Waals surface area contributed by atoms with Gasteiger partial charge < -0.3 is 10.4 Å². The fourth-order valence-corrected chi connectivity index (χ4v) is 2.59. The van der Waals surface area contributed by atoms with Gasteiger partial charge in [-0.25, -0.2) is 9.18 Å². The molecule has 0 heterocycles. The number of carbonyl (C=O) groups is 2. The van der Waals surface area contributed by atoms with Crippen molar-refractivity contribution in [3.05, 3.63) is 29.6 Å². The molecule has 1 aromatic rings. The summed E-state index contributed by atoms with van der Waals surface area (Å²) in [6.07, 6.45) is 4.65. The highest BCUT2D eigenvalue weighted by atomic mass is 19.1. The lowest BCUT2D eigenvalue weighted by Crippen LogP contribution is -2.35. The number of benzene rings is 1. The fourth-order valence-electron chi connectivity index (χ4n) is 2.59. The van der Waals surface area contributed by atoms with Crippen molar-refractivity contribution in [1.29, 1.82) is 0 Å². The molecule has 0 radical (unpaired) electrons. The van der Waals surface area contributed by atoms with Gasteiger partial charge in [-0.05, 0) is 31.0 Å². The first kappa shape index (κ1) is 14.5. The van der Waals surface area contributed by atoms with Crippen molar-refractivity contribution >= 4 is 17.6 Å². The summed E-state index contributed by atoms with van der Waals surface area (Å²) >= 11 is 0. The van der Waals surface area contributed by atoms with E-state index in [1.165, 1.54) is 6.07 Å². The summed E-state index contributed by atoms with van der Waals surface area (Å²) in [7, 11) is 0. The number of anilines is 1. The minimum absolute atomic E-state index is 0.0458. The molecule has 2 rings (SSSR count). The number of aromatic carboxylic acids is 1. The molecular weight excluding hydrogens is 261 g/mol. The van der Waals surface area contributed by atoms with E-state index in [0.717, 1.165) is 44.2 Å². The molecule has 20 heavy (non-hydrogen) atoms. The number of nitrogens with one attached hydrogen (secondary N) is 1. The van der Waals surface area contributed by atoms with Crippen LogP contribution in [0.5, 0.6) is 0 Å². The predicted molar refractivity (Wildman–Crippen MR) is 73.2 cm³/mol. The van der Waals surface area contributed by atoms with E-state index in [1.807, 2.05) is 6.92 Å². The summed E-state index contributed by atoms with van der Waals surface area (Å²) in [6, 6.07) is 3.39. The first-order chi connectivity index (χ1) is 9.42. The lowest BCUT2D eigenvalue weighted by molar-refractivity contribution is -0.126. The maximum absolute atomic E-state index is 13.7. The Morgan fingerprint density at radius 2 is 1.90 bits per heavy atom. The van der Waals surface area contributed by atoms with E-state index in [2.05, 4.69) is 5.32 Å². The van der Waals surface area contributed by atoms with Crippen LogP contribution in [0.25, 0.3) is 0 Å². The topological polar surface area (TPSA) is 66.4 Å². The number of hydrogen-bond acceptors (Lipinski definition) is 2. The molecule has 5 heteroatoms. The van der Waals surface area contributed by atoms with Crippen LogP contribution < -0.4 is 5.32 Å². The highest BCUT2D eigenvalue weighted by Gasteiger charge is 2.34. The monoisotopic (exact) mass is 279 g/mol. The van der Waals surface area contributed by atoms with Gasteiger partial charge in [0, 0.05) is 5.41 Å². The van der Waals surface area contributed by atoms with E-state index in [1.54, 1.807) is 0 Å². The highest BCUT2D eigenvalue weighted by molar-refractivity contribution is 5.97. The molecular formula is C15H18FNO3. The maximum Gasteiger partial charge on any atom is 0.335 e. The van der Waals surface area contributed by atoms with Gasteiger partial charge in [-0.15, -0.1) is 0 Å². The zero-order chi connectivity index (χ0) is 14.8. The minimum atomic E-state index is -1.15. The maximum atomic E-state index is 13.7. The normalized spacial score (nSPS) is 17.5. The van der Waals surface area contributed by atoms with Gasteiger partial charge in [0.25, 0.3) is 0 Å². The Hall–Kier alpha value is -1.91. The molecule has 1 aliphatic rings. The number of halogens is 1. The van der Waals surface area contributed by atoms with Crippen molar-refractivity contribution in [1.82, 2.24) is 0 Å². The second-order valence-corrected chi connectivity index (χ2v) is 5.58. The summed E-state index contributed by atoms with van der Waals surface area (Å²) < 4.78 is 13.7. The molecule has 4 nitrogen and oxygen atoms in total. The molecule has 1 fully saturated rings. The van der Waals surface area contributed by atoms with Crippen molar-refractivity contribution in [2.75, 3.05) is 5.32 Å². The Morgan fingerprint density at radius 3 is 2.50 bits per heavy atom. The second kappa shape index (κ2) is 5.61. The number of carboxylic acid groups (broad SMARTS) is 1. The van der Waals surface area contributed by atoms with Crippen LogP contribution >= 0.6 is 0 Å². The van der Waals surface area contributed by atoms with E-state index < -0.39 is 17.2 Å². The fraction of sp³-hybridized carbons (Fsp3) is 0.467. The van der Waals surface area contributed by atoms with E-state index in [4.69, 9.17) is 5.11 Å². The Labute approximate surface area is 117 Å². The molecule has 1 aliphatic carbocycles. The lowest BCUT2D eigenvalue weighted by atomic mass is 9.75. The van der Waals surface area contributed by atoms with Crippen LogP contribution in [0.3, 0.4) is 0 Å². The van der Waals surface area contributed by atoms with Gasteiger partial charge in [0.15, 0.2) is 0 Å². The Bertz CT molecular complexity index is 536. The molecule has 108 valence electrons. The summed E-state index contributed by atoms with van der Waals surface area (Å²) in [4.78, 5) is 23.2. The van der Waals surface area contributed by atoms with Crippen molar-refractivity contribution in [2.45, 2.75) is 39.0 Å². The van der Waals surface area contributed by atoms with Crippen LogP contribution in [-0.4, -0.2) is 17.0 Å². The van der Waals surface area contributed by atoms with Crippen LogP contribution in [0, 0.1) is 11.2 Å². The second-order valence-electron chi connectivity index (χ2n) is 5.58. The van der Waals surface area contributed by atoms with Crippen molar-refractivity contribution in [3.63, 3.8) is 0 Å². The number of carbonyl (C=O) groups excluding carboxylic acids is 1. The molecule has 0 aromatic heterocycles. The van der Waals surface area contributed by atoms with Crippen LogP contribution in [0.4, 0.5) is 10.1 Å². The molecule has 2 N–H and O–H groups in total. The van der Waals surface area contributed by atoms with E-state index >= 15 is 0 Å². The lowest BCUT2D eigenvalue weighted by Gasteiger charge is -2.32. The van der Waals surface area contributed by atoms with Gasteiger partial charge in [-0.3, -0.25) is 4.79 Å². The van der Waals surface area contributed by atoms with Crippen LogP contribution in [0.1, 0.15) is 49.4 Å². The van der Waals surface area contributed by atoms with E-state index in [0.29, 0.717) is 0 Å². The number of carboxylic acids is 1.